The summed E-state index contributed by atoms with van der Waals surface area (Å²) in [6.07, 6.45) is 1.33. The van der Waals surface area contributed by atoms with Gasteiger partial charge in [-0.3, -0.25) is 9.59 Å². The van der Waals surface area contributed by atoms with Crippen LogP contribution in [0.1, 0.15) is 31.8 Å². The highest BCUT2D eigenvalue weighted by Crippen LogP contribution is 2.25. The molecule has 0 fully saturated rings. The molecule has 0 spiro atoms. The summed E-state index contributed by atoms with van der Waals surface area (Å²) in [6.45, 7) is 4.40. The minimum absolute atomic E-state index is 0.0459. The van der Waals surface area contributed by atoms with Gasteiger partial charge in [0.1, 0.15) is 34.5 Å². The van der Waals surface area contributed by atoms with E-state index in [0.29, 0.717) is 30.1 Å². The van der Waals surface area contributed by atoms with E-state index < -0.39 is 0 Å². The van der Waals surface area contributed by atoms with E-state index in [2.05, 4.69) is 4.74 Å². The second-order valence-electron chi connectivity index (χ2n) is 8.90. The first-order valence-corrected chi connectivity index (χ1v) is 13.4. The number of phenols is 3. The van der Waals surface area contributed by atoms with Crippen LogP contribution < -0.4 is 14.2 Å². The third kappa shape index (κ3) is 15.3. The Hall–Kier alpha value is -5.10. The first-order chi connectivity index (χ1) is 21.7. The highest BCUT2D eigenvalue weighted by atomic mass is 16.7. The van der Waals surface area contributed by atoms with Gasteiger partial charge in [-0.25, -0.2) is 0 Å². The number of aromatic hydroxyl groups is 3. The highest BCUT2D eigenvalue weighted by molar-refractivity contribution is 5.83. The molecule has 0 unspecified atom stereocenters. The lowest BCUT2D eigenvalue weighted by molar-refractivity contribution is 0.0502. The van der Waals surface area contributed by atoms with Crippen LogP contribution in [-0.2, 0) is 14.2 Å². The highest BCUT2D eigenvalue weighted by Gasteiger charge is 2.07. The van der Waals surface area contributed by atoms with Gasteiger partial charge >= 0.3 is 0 Å². The summed E-state index contributed by atoms with van der Waals surface area (Å²) in [4.78, 5) is 21.2. The van der Waals surface area contributed by atoms with E-state index in [0.717, 1.165) is 17.6 Å². The molecule has 242 valence electrons. The molecule has 0 amide bonds. The van der Waals surface area contributed by atoms with Crippen LogP contribution in [0.15, 0.2) is 84.9 Å². The number of benzene rings is 4. The van der Waals surface area contributed by atoms with E-state index in [1.807, 2.05) is 50.2 Å². The molecule has 11 heteroatoms. The van der Waals surface area contributed by atoms with Gasteiger partial charge < -0.3 is 43.7 Å². The fourth-order valence-electron chi connectivity index (χ4n) is 3.28. The fourth-order valence-corrected chi connectivity index (χ4v) is 3.28. The van der Waals surface area contributed by atoms with Gasteiger partial charge in [-0.1, -0.05) is 36.4 Å². The van der Waals surface area contributed by atoms with E-state index in [-0.39, 0.29) is 36.4 Å². The number of rotatable bonds is 11. The standard InChI is InChI=1S/C10H12O3.C9H10O4.C9H12O2.C6H6O2/c1-8-4-3-5-10(9(8)6-11)13-7-12-2;1-12-6-13-9-4-2-3-8(11)7(9)5-10;1-8-4-3-5-9(6-8)11-7-10-2;7-5-2-1-3-6(8)4-5/h3-6H,7H2,1-2H3;2-5,11H,6H2,1H3;3-6H,7H2,1-2H3;1-4,7-8H. The molecule has 3 N–H and O–H groups in total. The van der Waals surface area contributed by atoms with Crippen molar-refractivity contribution >= 4 is 12.6 Å². The van der Waals surface area contributed by atoms with Crippen LogP contribution in [0.5, 0.6) is 34.5 Å². The Labute approximate surface area is 263 Å². The van der Waals surface area contributed by atoms with Crippen molar-refractivity contribution < 1.29 is 53.3 Å². The molecule has 0 radical (unpaired) electrons. The van der Waals surface area contributed by atoms with Crippen molar-refractivity contribution in [1.82, 2.24) is 0 Å². The Morgan fingerprint density at radius 2 is 1.07 bits per heavy atom. The normalized spacial score (nSPS) is 9.53. The largest absolute Gasteiger partial charge is 0.508 e. The topological polar surface area (TPSA) is 150 Å². The van der Waals surface area contributed by atoms with Crippen molar-refractivity contribution in [2.45, 2.75) is 13.8 Å². The molecule has 0 saturated heterocycles. The van der Waals surface area contributed by atoms with Gasteiger partial charge in [0.05, 0.1) is 11.1 Å². The summed E-state index contributed by atoms with van der Waals surface area (Å²) in [7, 11) is 4.62. The van der Waals surface area contributed by atoms with E-state index in [9.17, 15) is 14.7 Å². The number of aldehydes is 2. The molecule has 0 atom stereocenters. The molecule has 45 heavy (non-hydrogen) atoms. The second-order valence-corrected chi connectivity index (χ2v) is 8.90. The molecule has 0 aliphatic rings. The van der Waals surface area contributed by atoms with Crippen molar-refractivity contribution in [3.63, 3.8) is 0 Å². The van der Waals surface area contributed by atoms with Gasteiger partial charge in [-0.15, -0.1) is 0 Å². The summed E-state index contributed by atoms with van der Waals surface area (Å²) in [5.41, 5.74) is 2.82. The number of carbonyl (C=O) groups excluding carboxylic acids is 2. The average Bonchev–Trinajstić information content (AvgIpc) is 3.02. The summed E-state index contributed by atoms with van der Waals surface area (Å²) in [5, 5.41) is 26.5. The number of ether oxygens (including phenoxy) is 6. The molecule has 0 aliphatic heterocycles. The van der Waals surface area contributed by atoms with Gasteiger partial charge in [0.15, 0.2) is 33.0 Å². The Bertz CT molecular complexity index is 1340. The summed E-state index contributed by atoms with van der Waals surface area (Å²) < 4.78 is 29.6. The van der Waals surface area contributed by atoms with E-state index >= 15 is 0 Å². The second kappa shape index (κ2) is 22.4. The van der Waals surface area contributed by atoms with Crippen molar-refractivity contribution in [3.8, 4) is 34.5 Å². The van der Waals surface area contributed by atoms with Gasteiger partial charge in [-0.05, 0) is 67.4 Å². The Morgan fingerprint density at radius 1 is 0.578 bits per heavy atom. The zero-order chi connectivity index (χ0) is 33.5. The van der Waals surface area contributed by atoms with Gasteiger partial charge in [0.2, 0.25) is 0 Å². The van der Waals surface area contributed by atoms with Crippen LogP contribution in [0.2, 0.25) is 0 Å². The molecule has 4 rings (SSSR count). The minimum atomic E-state index is -0.0939. The Kier molecular flexibility index (Phi) is 18.9. The van der Waals surface area contributed by atoms with E-state index in [1.165, 1.54) is 44.0 Å². The molecule has 11 nitrogen and oxygen atoms in total. The lowest BCUT2D eigenvalue weighted by atomic mass is 10.1. The number of hydrogen-bond acceptors (Lipinski definition) is 11. The monoisotopic (exact) mass is 624 g/mol. The van der Waals surface area contributed by atoms with Gasteiger partial charge in [0.25, 0.3) is 0 Å². The molecule has 4 aromatic carbocycles. The maximum absolute atomic E-state index is 10.7. The minimum Gasteiger partial charge on any atom is -0.508 e. The van der Waals surface area contributed by atoms with Gasteiger partial charge in [0, 0.05) is 27.4 Å². The number of hydrogen-bond donors (Lipinski definition) is 3. The first-order valence-electron chi connectivity index (χ1n) is 13.4. The fraction of sp³-hybridized carbons (Fsp3) is 0.235. The van der Waals surface area contributed by atoms with Crippen LogP contribution in [0.3, 0.4) is 0 Å². The number of aryl methyl sites for hydroxylation is 2. The van der Waals surface area contributed by atoms with Crippen molar-refractivity contribution in [2.75, 3.05) is 41.7 Å². The summed E-state index contributed by atoms with van der Waals surface area (Å²) in [6, 6.07) is 23.8. The van der Waals surface area contributed by atoms with E-state index in [4.69, 9.17) is 33.9 Å². The molecular weight excluding hydrogens is 584 g/mol. The average molecular weight is 625 g/mol. The Balaban J connectivity index is 0.000000304. The molecule has 0 heterocycles. The molecule has 0 aromatic heterocycles. The summed E-state index contributed by atoms with van der Waals surface area (Å²) in [5.74, 6) is 1.82. The maximum atomic E-state index is 10.7. The lowest BCUT2D eigenvalue weighted by Gasteiger charge is -2.08. The Morgan fingerprint density at radius 3 is 1.56 bits per heavy atom. The van der Waals surface area contributed by atoms with Crippen molar-refractivity contribution in [2.24, 2.45) is 0 Å². The zero-order valence-corrected chi connectivity index (χ0v) is 26.0. The smallest absolute Gasteiger partial charge is 0.188 e. The zero-order valence-electron chi connectivity index (χ0n) is 26.0. The first kappa shape index (κ1) is 37.9. The van der Waals surface area contributed by atoms with Crippen LogP contribution in [0, 0.1) is 13.8 Å². The maximum Gasteiger partial charge on any atom is 0.188 e. The molecule has 0 bridgehead atoms. The third-order valence-electron chi connectivity index (χ3n) is 5.39. The number of phenolic OH excluding ortho intramolecular Hbond substituents is 3. The van der Waals surface area contributed by atoms with Crippen molar-refractivity contribution in [3.05, 3.63) is 107 Å². The number of carbonyl (C=O) groups is 2. The molecule has 0 saturated carbocycles. The van der Waals surface area contributed by atoms with Gasteiger partial charge in [-0.2, -0.15) is 0 Å². The van der Waals surface area contributed by atoms with Crippen LogP contribution in [-0.4, -0.2) is 69.6 Å². The predicted octanol–water partition coefficient (Wildman–Crippen LogP) is 6.05. The molecular formula is C34H40O11. The SMILES string of the molecule is COCOc1cccc(C)c1.COCOc1cccc(C)c1C=O.COCOc1cccc(O)c1C=O.Oc1cccc(O)c1. The van der Waals surface area contributed by atoms with E-state index in [1.54, 1.807) is 31.4 Å². The molecule has 0 aliphatic carbocycles. The van der Waals surface area contributed by atoms with Crippen LogP contribution in [0.4, 0.5) is 0 Å². The quantitative estimate of drug-likeness (QED) is 0.132. The van der Waals surface area contributed by atoms with Crippen LogP contribution >= 0.6 is 0 Å². The lowest BCUT2D eigenvalue weighted by Crippen LogP contribution is -2.02. The molecule has 4 aromatic rings. The summed E-state index contributed by atoms with van der Waals surface area (Å²) >= 11 is 0. The predicted molar refractivity (Wildman–Crippen MR) is 169 cm³/mol. The third-order valence-corrected chi connectivity index (χ3v) is 5.39. The van der Waals surface area contributed by atoms with Crippen LogP contribution in [0.25, 0.3) is 0 Å². The van der Waals surface area contributed by atoms with Crippen molar-refractivity contribution in [1.29, 1.82) is 0 Å². The number of methoxy groups -OCH3 is 3.